The smallest absolute Gasteiger partial charge is 0.335 e. The summed E-state index contributed by atoms with van der Waals surface area (Å²) in [5.41, 5.74) is 2.35. The van der Waals surface area contributed by atoms with E-state index in [-0.39, 0.29) is 28.4 Å². The van der Waals surface area contributed by atoms with Gasteiger partial charge in [0.15, 0.2) is 9.84 Å². The monoisotopic (exact) mass is 582 g/mol. The van der Waals surface area contributed by atoms with Crippen LogP contribution in [0, 0.1) is 0 Å². The summed E-state index contributed by atoms with van der Waals surface area (Å²) < 4.78 is 25.7. The van der Waals surface area contributed by atoms with Gasteiger partial charge in [0.05, 0.1) is 16.9 Å². The molecule has 3 N–H and O–H groups in total. The van der Waals surface area contributed by atoms with Gasteiger partial charge in [0.25, 0.3) is 5.91 Å². The van der Waals surface area contributed by atoms with Gasteiger partial charge in [-0.25, -0.2) is 13.2 Å². The lowest BCUT2D eigenvalue weighted by Gasteiger charge is -2.17. The van der Waals surface area contributed by atoms with Crippen LogP contribution in [0.5, 0.6) is 0 Å². The van der Waals surface area contributed by atoms with Crippen LogP contribution in [0.25, 0.3) is 0 Å². The number of aryl methyl sites for hydroxylation is 1. The lowest BCUT2D eigenvalue weighted by atomic mass is 10.0. The molecule has 0 fully saturated rings. The van der Waals surface area contributed by atoms with Crippen molar-refractivity contribution >= 4 is 33.3 Å². The number of rotatable bonds is 12. The highest BCUT2D eigenvalue weighted by Gasteiger charge is 2.18. The fourth-order valence-corrected chi connectivity index (χ4v) is 5.38. The van der Waals surface area contributed by atoms with Gasteiger partial charge in [0.2, 0.25) is 5.91 Å². The van der Waals surface area contributed by atoms with Crippen LogP contribution in [0.2, 0.25) is 0 Å². The molecule has 0 saturated carbocycles. The Morgan fingerprint density at radius 1 is 0.786 bits per heavy atom. The number of sulfone groups is 1. The van der Waals surface area contributed by atoms with Crippen LogP contribution in [0.1, 0.15) is 38.3 Å². The summed E-state index contributed by atoms with van der Waals surface area (Å²) in [7, 11) is -3.72. The van der Waals surface area contributed by atoms with Gasteiger partial charge in [-0.3, -0.25) is 9.59 Å². The van der Waals surface area contributed by atoms with Crippen LogP contribution in [0.15, 0.2) is 126 Å². The van der Waals surface area contributed by atoms with Crippen molar-refractivity contribution in [1.29, 1.82) is 0 Å². The molecular weight excluding hydrogens is 552 g/mol. The first-order chi connectivity index (χ1) is 20.2. The summed E-state index contributed by atoms with van der Waals surface area (Å²) in [4.78, 5) is 37.4. The molecule has 4 aromatic rings. The Bertz CT molecular complexity index is 1670. The predicted octanol–water partition coefficient (Wildman–Crippen LogP) is 5.28. The van der Waals surface area contributed by atoms with Gasteiger partial charge in [-0.2, -0.15) is 0 Å². The summed E-state index contributed by atoms with van der Waals surface area (Å²) in [6.07, 6.45) is 2.44. The van der Waals surface area contributed by atoms with E-state index in [0.29, 0.717) is 24.1 Å². The Morgan fingerprint density at radius 2 is 1.40 bits per heavy atom. The van der Waals surface area contributed by atoms with Crippen LogP contribution < -0.4 is 10.6 Å². The van der Waals surface area contributed by atoms with E-state index < -0.39 is 27.8 Å². The second kappa shape index (κ2) is 14.0. The zero-order chi connectivity index (χ0) is 30.0. The van der Waals surface area contributed by atoms with E-state index in [1.54, 1.807) is 42.5 Å². The van der Waals surface area contributed by atoms with Gasteiger partial charge in [-0.05, 0) is 66.4 Å². The number of carbonyl (C=O) groups excluding carboxylic acids is 2. The van der Waals surface area contributed by atoms with Gasteiger partial charge in [-0.1, -0.05) is 72.8 Å². The second-order valence-corrected chi connectivity index (χ2v) is 11.4. The number of hydrogen-bond donors (Lipinski definition) is 3. The maximum Gasteiger partial charge on any atom is 0.335 e. The van der Waals surface area contributed by atoms with Gasteiger partial charge < -0.3 is 15.7 Å². The van der Waals surface area contributed by atoms with Crippen molar-refractivity contribution in [2.24, 2.45) is 0 Å². The number of hydrogen-bond acceptors (Lipinski definition) is 5. The predicted molar refractivity (Wildman–Crippen MR) is 161 cm³/mol. The molecule has 2 amide bonds. The molecule has 0 aromatic heterocycles. The molecule has 4 rings (SSSR count). The van der Waals surface area contributed by atoms with E-state index in [4.69, 9.17) is 5.11 Å². The Balaban J connectivity index is 1.49. The molecule has 0 spiro atoms. The maximum absolute atomic E-state index is 13.4. The third-order valence-corrected chi connectivity index (χ3v) is 7.94. The number of carbonyl (C=O) groups is 3. The summed E-state index contributed by atoms with van der Waals surface area (Å²) in [6, 6.07) is 29.6. The quantitative estimate of drug-likeness (QED) is 0.208. The minimum absolute atomic E-state index is 0.0995. The fourth-order valence-electron chi connectivity index (χ4n) is 4.29. The summed E-state index contributed by atoms with van der Waals surface area (Å²) in [5, 5.41) is 15.8. The van der Waals surface area contributed by atoms with Gasteiger partial charge in [-0.15, -0.1) is 0 Å². The van der Waals surface area contributed by atoms with Crippen LogP contribution >= 0.6 is 0 Å². The van der Waals surface area contributed by atoms with Crippen LogP contribution in [0.4, 0.5) is 5.69 Å². The average Bonchev–Trinajstić information content (AvgIpc) is 3.00. The van der Waals surface area contributed by atoms with Crippen molar-refractivity contribution in [2.45, 2.75) is 30.2 Å². The SMILES string of the molecule is O=C(Cc1ccccc1C(=O)N[C@H](/C=C/S(=O)(=O)c1ccccc1)CCc1ccccc1)Nc1ccc(C(=O)O)cc1. The van der Waals surface area contributed by atoms with Gasteiger partial charge in [0.1, 0.15) is 0 Å². The van der Waals surface area contributed by atoms with Crippen molar-refractivity contribution in [2.75, 3.05) is 5.32 Å². The third kappa shape index (κ3) is 8.49. The van der Waals surface area contributed by atoms with Crippen LogP contribution in [-0.4, -0.2) is 37.3 Å². The fraction of sp³-hybridized carbons (Fsp3) is 0.121. The zero-order valence-electron chi connectivity index (χ0n) is 22.6. The first kappa shape index (κ1) is 30.0. The van der Waals surface area contributed by atoms with E-state index >= 15 is 0 Å². The van der Waals surface area contributed by atoms with Gasteiger partial charge >= 0.3 is 5.97 Å². The average molecular weight is 583 g/mol. The maximum atomic E-state index is 13.4. The largest absolute Gasteiger partial charge is 0.478 e. The molecule has 214 valence electrons. The van der Waals surface area contributed by atoms with Crippen LogP contribution in [-0.2, 0) is 27.5 Å². The van der Waals surface area contributed by atoms with Crippen molar-refractivity contribution in [1.82, 2.24) is 5.32 Å². The molecule has 0 saturated heterocycles. The highest BCUT2D eigenvalue weighted by Crippen LogP contribution is 2.16. The molecule has 0 aliphatic carbocycles. The number of amides is 2. The lowest BCUT2D eigenvalue weighted by molar-refractivity contribution is -0.115. The molecule has 42 heavy (non-hydrogen) atoms. The van der Waals surface area contributed by atoms with Crippen molar-refractivity contribution < 1.29 is 27.9 Å². The first-order valence-corrected chi connectivity index (χ1v) is 14.8. The number of carboxylic acid groups (broad SMARTS) is 1. The Labute approximate surface area is 244 Å². The molecule has 0 aliphatic heterocycles. The molecule has 1 atom stereocenters. The summed E-state index contributed by atoms with van der Waals surface area (Å²) in [6.45, 7) is 0. The molecule has 0 bridgehead atoms. The van der Waals surface area contributed by atoms with Gasteiger partial charge in [0, 0.05) is 22.7 Å². The minimum Gasteiger partial charge on any atom is -0.478 e. The molecule has 4 aromatic carbocycles. The standard InChI is InChI=1S/C33H30N2O6S/c36-31(34-27-19-16-25(17-20-27)33(38)39)23-26-11-7-8-14-30(26)32(37)35-28(18-15-24-9-3-1-4-10-24)21-22-42(40,41)29-12-5-2-6-13-29/h1-14,16-17,19-22,28H,15,18,23H2,(H,34,36)(H,35,37)(H,38,39)/b22-21+/t28-/m0/s1. The third-order valence-electron chi connectivity index (χ3n) is 6.49. The molecule has 8 nitrogen and oxygen atoms in total. The number of benzene rings is 4. The van der Waals surface area contributed by atoms with E-state index in [1.165, 1.54) is 42.5 Å². The second-order valence-electron chi connectivity index (χ2n) is 9.56. The first-order valence-electron chi connectivity index (χ1n) is 13.3. The molecule has 0 heterocycles. The van der Waals surface area contributed by atoms with E-state index in [0.717, 1.165) is 11.0 Å². The summed E-state index contributed by atoms with van der Waals surface area (Å²) in [5.74, 6) is -1.89. The van der Waals surface area contributed by atoms with E-state index in [1.807, 2.05) is 30.3 Å². The topological polar surface area (TPSA) is 130 Å². The number of anilines is 1. The van der Waals surface area contributed by atoms with Crippen molar-refractivity contribution in [3.05, 3.63) is 143 Å². The van der Waals surface area contributed by atoms with Crippen molar-refractivity contribution in [3.8, 4) is 0 Å². The summed E-state index contributed by atoms with van der Waals surface area (Å²) >= 11 is 0. The van der Waals surface area contributed by atoms with Crippen LogP contribution in [0.3, 0.4) is 0 Å². The highest BCUT2D eigenvalue weighted by atomic mass is 32.2. The highest BCUT2D eigenvalue weighted by molar-refractivity contribution is 7.94. The Morgan fingerprint density at radius 3 is 2.07 bits per heavy atom. The number of nitrogens with one attached hydrogen (secondary N) is 2. The Hall–Kier alpha value is -5.02. The van der Waals surface area contributed by atoms with Crippen molar-refractivity contribution in [3.63, 3.8) is 0 Å². The zero-order valence-corrected chi connectivity index (χ0v) is 23.5. The molecule has 0 radical (unpaired) electrons. The normalized spacial score (nSPS) is 12.0. The lowest BCUT2D eigenvalue weighted by Crippen LogP contribution is -2.35. The number of aromatic carboxylic acids is 1. The van der Waals surface area contributed by atoms with E-state index in [9.17, 15) is 22.8 Å². The molecular formula is C33H30N2O6S. The molecule has 9 heteroatoms. The molecule has 0 aliphatic rings. The number of carboxylic acids is 1. The molecule has 0 unspecified atom stereocenters. The van der Waals surface area contributed by atoms with E-state index in [2.05, 4.69) is 10.6 Å². The minimum atomic E-state index is -3.72. The Kier molecular flexibility index (Phi) is 10.0.